The number of benzene rings is 2. The lowest BCUT2D eigenvalue weighted by Gasteiger charge is -2.34. The van der Waals surface area contributed by atoms with E-state index in [4.69, 9.17) is 11.6 Å². The molecule has 4 nitrogen and oxygen atoms in total. The fourth-order valence-electron chi connectivity index (χ4n) is 3.12. The maximum absolute atomic E-state index is 12.8. The Bertz CT molecular complexity index is 859. The molecule has 0 bridgehead atoms. The van der Waals surface area contributed by atoms with Gasteiger partial charge >= 0.3 is 0 Å². The highest BCUT2D eigenvalue weighted by molar-refractivity contribution is 7.89. The van der Waals surface area contributed by atoms with Crippen LogP contribution in [-0.4, -0.2) is 43.8 Å². The summed E-state index contributed by atoms with van der Waals surface area (Å²) in [7, 11) is -3.46. The number of hydrogen-bond acceptors (Lipinski definition) is 3. The Kier molecular flexibility index (Phi) is 5.49. The van der Waals surface area contributed by atoms with Crippen LogP contribution in [-0.2, 0) is 16.6 Å². The number of nitrogens with zero attached hydrogens (tertiary/aromatic N) is 2. The van der Waals surface area contributed by atoms with E-state index in [9.17, 15) is 8.42 Å². The van der Waals surface area contributed by atoms with E-state index in [-0.39, 0.29) is 0 Å². The van der Waals surface area contributed by atoms with Crippen LogP contribution >= 0.6 is 11.6 Å². The highest BCUT2D eigenvalue weighted by Crippen LogP contribution is 2.23. The van der Waals surface area contributed by atoms with Gasteiger partial charge in [0.2, 0.25) is 10.0 Å². The van der Waals surface area contributed by atoms with Crippen LogP contribution in [0.1, 0.15) is 16.7 Å². The minimum absolute atomic E-state index is 0.321. The van der Waals surface area contributed by atoms with Gasteiger partial charge in [-0.05, 0) is 43.2 Å². The van der Waals surface area contributed by atoms with Crippen molar-refractivity contribution in [3.63, 3.8) is 0 Å². The van der Waals surface area contributed by atoms with Crippen LogP contribution in [0.5, 0.6) is 0 Å². The van der Waals surface area contributed by atoms with Crippen molar-refractivity contribution in [1.29, 1.82) is 0 Å². The molecule has 0 N–H and O–H groups in total. The van der Waals surface area contributed by atoms with E-state index in [1.807, 2.05) is 6.92 Å². The number of sulfonamides is 1. The summed E-state index contributed by atoms with van der Waals surface area (Å²) in [6.45, 7) is 7.25. The fourth-order valence-corrected chi connectivity index (χ4v) is 4.75. The molecule has 6 heteroatoms. The van der Waals surface area contributed by atoms with Gasteiger partial charge in [0.05, 0.1) is 4.90 Å². The van der Waals surface area contributed by atoms with E-state index in [1.165, 1.54) is 11.1 Å². The molecule has 1 heterocycles. The van der Waals surface area contributed by atoms with Gasteiger partial charge in [-0.2, -0.15) is 4.31 Å². The average Bonchev–Trinajstić information content (AvgIpc) is 2.58. The molecule has 0 atom stereocenters. The largest absolute Gasteiger partial charge is 0.296 e. The van der Waals surface area contributed by atoms with Gasteiger partial charge in [-0.15, -0.1) is 0 Å². The van der Waals surface area contributed by atoms with Gasteiger partial charge < -0.3 is 0 Å². The molecule has 0 radical (unpaired) electrons. The lowest BCUT2D eigenvalue weighted by atomic mass is 10.1. The van der Waals surface area contributed by atoms with Crippen LogP contribution in [0.4, 0.5) is 0 Å². The lowest BCUT2D eigenvalue weighted by molar-refractivity contribution is 0.181. The predicted molar refractivity (Wildman–Crippen MR) is 101 cm³/mol. The van der Waals surface area contributed by atoms with Gasteiger partial charge in [-0.3, -0.25) is 4.90 Å². The zero-order valence-corrected chi connectivity index (χ0v) is 16.1. The second kappa shape index (κ2) is 7.46. The third-order valence-corrected chi connectivity index (χ3v) is 6.91. The molecular formula is C19H23ClN2O2S. The number of aryl methyl sites for hydroxylation is 2. The number of halogens is 1. The molecular weight excluding hydrogens is 356 g/mol. The summed E-state index contributed by atoms with van der Waals surface area (Å²) in [4.78, 5) is 2.62. The van der Waals surface area contributed by atoms with Crippen LogP contribution in [0.3, 0.4) is 0 Å². The van der Waals surface area contributed by atoms with E-state index >= 15 is 0 Å². The molecule has 0 saturated carbocycles. The molecule has 2 aromatic carbocycles. The van der Waals surface area contributed by atoms with Crippen molar-refractivity contribution in [2.24, 2.45) is 0 Å². The average molecular weight is 379 g/mol. The molecule has 1 aliphatic heterocycles. The molecule has 1 aliphatic rings. The fraction of sp³-hybridized carbons (Fsp3) is 0.368. The second-order valence-corrected chi connectivity index (χ2v) is 8.93. The monoisotopic (exact) mass is 378 g/mol. The maximum Gasteiger partial charge on any atom is 0.243 e. The molecule has 0 aromatic heterocycles. The highest BCUT2D eigenvalue weighted by Gasteiger charge is 2.28. The zero-order valence-electron chi connectivity index (χ0n) is 14.6. The third kappa shape index (κ3) is 4.23. The Morgan fingerprint density at radius 2 is 1.72 bits per heavy atom. The summed E-state index contributed by atoms with van der Waals surface area (Å²) < 4.78 is 27.2. The smallest absolute Gasteiger partial charge is 0.243 e. The normalized spacial score (nSPS) is 16.9. The van der Waals surface area contributed by atoms with Crippen LogP contribution in [0, 0.1) is 13.8 Å². The van der Waals surface area contributed by atoms with Crippen LogP contribution in [0.2, 0.25) is 5.02 Å². The van der Waals surface area contributed by atoms with E-state index in [1.54, 1.807) is 22.5 Å². The topological polar surface area (TPSA) is 40.6 Å². The Balaban J connectivity index is 1.66. The Labute approximate surface area is 155 Å². The number of rotatable bonds is 4. The first kappa shape index (κ1) is 18.4. The van der Waals surface area contributed by atoms with Gasteiger partial charge in [0.25, 0.3) is 0 Å². The van der Waals surface area contributed by atoms with Gasteiger partial charge in [0.1, 0.15) is 0 Å². The summed E-state index contributed by atoms with van der Waals surface area (Å²) in [6, 6.07) is 13.3. The molecule has 0 spiro atoms. The maximum atomic E-state index is 12.8. The third-order valence-electron chi connectivity index (χ3n) is 4.59. The lowest BCUT2D eigenvalue weighted by Crippen LogP contribution is -2.48. The predicted octanol–water partition coefficient (Wildman–Crippen LogP) is 3.46. The van der Waals surface area contributed by atoms with Gasteiger partial charge in [0, 0.05) is 37.7 Å². The summed E-state index contributed by atoms with van der Waals surface area (Å²) >= 11 is 6.01. The van der Waals surface area contributed by atoms with Crippen molar-refractivity contribution in [1.82, 2.24) is 9.21 Å². The number of hydrogen-bond donors (Lipinski definition) is 0. The van der Waals surface area contributed by atoms with E-state index in [0.717, 1.165) is 25.2 Å². The highest BCUT2D eigenvalue weighted by atomic mass is 35.5. The Morgan fingerprint density at radius 1 is 1.00 bits per heavy atom. The number of piperazine rings is 1. The Morgan fingerprint density at radius 3 is 2.36 bits per heavy atom. The SMILES string of the molecule is Cc1cccc(CN2CCN(S(=O)(=O)c3ccc(Cl)c(C)c3)CC2)c1. The summed E-state index contributed by atoms with van der Waals surface area (Å²) in [6.07, 6.45) is 0. The minimum Gasteiger partial charge on any atom is -0.296 e. The van der Waals surface area contributed by atoms with E-state index in [2.05, 4.69) is 36.1 Å². The molecule has 134 valence electrons. The van der Waals surface area contributed by atoms with Crippen molar-refractivity contribution in [2.45, 2.75) is 25.3 Å². The Hall–Kier alpha value is -1.40. The first-order valence-corrected chi connectivity index (χ1v) is 10.2. The molecule has 0 unspecified atom stereocenters. The first-order chi connectivity index (χ1) is 11.9. The van der Waals surface area contributed by atoms with Crippen LogP contribution < -0.4 is 0 Å². The zero-order chi connectivity index (χ0) is 18.0. The minimum atomic E-state index is -3.46. The van der Waals surface area contributed by atoms with E-state index < -0.39 is 10.0 Å². The second-order valence-electron chi connectivity index (χ2n) is 6.58. The summed E-state index contributed by atoms with van der Waals surface area (Å²) in [5, 5.41) is 0.585. The van der Waals surface area contributed by atoms with Crippen molar-refractivity contribution < 1.29 is 8.42 Å². The van der Waals surface area contributed by atoms with Crippen molar-refractivity contribution in [3.05, 3.63) is 64.2 Å². The van der Waals surface area contributed by atoms with Crippen LogP contribution in [0.15, 0.2) is 47.4 Å². The molecule has 3 rings (SSSR count). The standard InChI is InChI=1S/C19H23ClN2O2S/c1-15-4-3-5-17(12-15)14-21-8-10-22(11-9-21)25(23,24)18-6-7-19(20)16(2)13-18/h3-7,12-13H,8-11,14H2,1-2H3. The van der Waals surface area contributed by atoms with Crippen LogP contribution in [0.25, 0.3) is 0 Å². The summed E-state index contributed by atoms with van der Waals surface area (Å²) in [5.74, 6) is 0. The molecule has 0 amide bonds. The van der Waals surface area contributed by atoms with E-state index in [0.29, 0.717) is 23.0 Å². The van der Waals surface area contributed by atoms with Crippen molar-refractivity contribution in [2.75, 3.05) is 26.2 Å². The molecule has 1 fully saturated rings. The van der Waals surface area contributed by atoms with Gasteiger partial charge in [0.15, 0.2) is 0 Å². The van der Waals surface area contributed by atoms with Crippen molar-refractivity contribution in [3.8, 4) is 0 Å². The summed E-state index contributed by atoms with van der Waals surface area (Å²) in [5.41, 5.74) is 3.29. The molecule has 2 aromatic rings. The molecule has 0 aliphatic carbocycles. The van der Waals surface area contributed by atoms with Gasteiger partial charge in [-0.1, -0.05) is 41.4 Å². The molecule has 25 heavy (non-hydrogen) atoms. The quantitative estimate of drug-likeness (QED) is 0.818. The van der Waals surface area contributed by atoms with Crippen molar-refractivity contribution >= 4 is 21.6 Å². The van der Waals surface area contributed by atoms with Gasteiger partial charge in [-0.25, -0.2) is 8.42 Å². The molecule has 1 saturated heterocycles. The first-order valence-electron chi connectivity index (χ1n) is 8.40.